The molecule has 0 atom stereocenters. The third-order valence-electron chi connectivity index (χ3n) is 4.10. The predicted molar refractivity (Wildman–Crippen MR) is 92.3 cm³/mol. The molecular weight excluding hydrogens is 326 g/mol. The number of benzene rings is 2. The molecule has 4 rings (SSSR count). The summed E-state index contributed by atoms with van der Waals surface area (Å²) in [7, 11) is 0. The summed E-state index contributed by atoms with van der Waals surface area (Å²) >= 11 is 0. The van der Waals surface area contributed by atoms with Crippen LogP contribution in [0, 0.1) is 11.6 Å². The summed E-state index contributed by atoms with van der Waals surface area (Å²) in [4.78, 5) is 20.0. The average Bonchev–Trinajstić information content (AvgIpc) is 3.07. The number of para-hydroxylation sites is 2. The molecule has 1 N–H and O–H groups in total. The Kier molecular flexibility index (Phi) is 3.31. The minimum Gasteiger partial charge on any atom is -0.340 e. The van der Waals surface area contributed by atoms with Crippen molar-refractivity contribution >= 4 is 27.8 Å². The Hall–Kier alpha value is -3.22. The molecule has 2 aromatic heterocycles. The topological polar surface area (TPSA) is 55.6 Å². The van der Waals surface area contributed by atoms with E-state index in [1.165, 1.54) is 4.57 Å². The van der Waals surface area contributed by atoms with Gasteiger partial charge in [-0.25, -0.2) is 18.6 Å². The third kappa shape index (κ3) is 2.36. The number of H-pyrrole nitrogens is 1. The van der Waals surface area contributed by atoms with Gasteiger partial charge in [-0.05, 0) is 19.1 Å². The highest BCUT2D eigenvalue weighted by Crippen LogP contribution is 2.19. The minimum absolute atomic E-state index is 0.150. The van der Waals surface area contributed by atoms with Crippen molar-refractivity contribution in [2.24, 2.45) is 0 Å². The van der Waals surface area contributed by atoms with Crippen molar-refractivity contribution in [1.29, 1.82) is 0 Å². The maximum Gasteiger partial charge on any atom is 0.333 e. The van der Waals surface area contributed by atoms with E-state index >= 15 is 0 Å². The lowest BCUT2D eigenvalue weighted by Gasteiger charge is -2.00. The van der Waals surface area contributed by atoms with Crippen molar-refractivity contribution in [3.63, 3.8) is 0 Å². The quantitative estimate of drug-likeness (QED) is 0.621. The second-order valence-electron chi connectivity index (χ2n) is 5.90. The number of fused-ring (bicyclic) bond motifs is 2. The Morgan fingerprint density at radius 3 is 2.60 bits per heavy atom. The molecule has 126 valence electrons. The van der Waals surface area contributed by atoms with Crippen LogP contribution in [-0.2, 0) is 6.54 Å². The second-order valence-corrected chi connectivity index (χ2v) is 5.90. The third-order valence-corrected chi connectivity index (χ3v) is 4.10. The first kappa shape index (κ1) is 15.3. The van der Waals surface area contributed by atoms with Crippen LogP contribution >= 0.6 is 0 Å². The monoisotopic (exact) mass is 340 g/mol. The normalized spacial score (nSPS) is 11.5. The summed E-state index contributed by atoms with van der Waals surface area (Å²) < 4.78 is 29.8. The van der Waals surface area contributed by atoms with Gasteiger partial charge in [0.25, 0.3) is 0 Å². The van der Waals surface area contributed by atoms with Gasteiger partial charge in [0, 0.05) is 17.8 Å². The van der Waals surface area contributed by atoms with E-state index in [0.29, 0.717) is 22.6 Å². The highest BCUT2D eigenvalue weighted by atomic mass is 19.2. The molecule has 0 radical (unpaired) electrons. The van der Waals surface area contributed by atoms with E-state index in [2.05, 4.69) is 16.5 Å². The summed E-state index contributed by atoms with van der Waals surface area (Å²) in [6, 6.07) is 9.44. The van der Waals surface area contributed by atoms with Gasteiger partial charge in [0.1, 0.15) is 5.82 Å². The van der Waals surface area contributed by atoms with Crippen LogP contribution in [0.4, 0.5) is 8.78 Å². The minimum atomic E-state index is -0.957. The molecule has 0 aliphatic rings. The standard InChI is InChI=1S/C18H14F2N4O/c1-10(2)24-16-6-4-3-5-15(16)23(18(24)25)9-17-21-13-7-11(19)12(20)8-14(13)22-17/h3-8H,1,9H2,2H3,(H,21,22). The van der Waals surface area contributed by atoms with Crippen molar-refractivity contribution < 1.29 is 8.78 Å². The Balaban J connectivity index is 1.88. The van der Waals surface area contributed by atoms with E-state index in [0.717, 1.165) is 23.2 Å². The number of aromatic amines is 1. The lowest BCUT2D eigenvalue weighted by Crippen LogP contribution is -2.24. The zero-order chi connectivity index (χ0) is 17.7. The van der Waals surface area contributed by atoms with Crippen LogP contribution in [0.5, 0.6) is 0 Å². The van der Waals surface area contributed by atoms with Crippen LogP contribution in [-0.4, -0.2) is 19.1 Å². The van der Waals surface area contributed by atoms with Gasteiger partial charge in [0.15, 0.2) is 11.6 Å². The predicted octanol–water partition coefficient (Wildman–Crippen LogP) is 3.50. The number of rotatable bonds is 3. The zero-order valence-corrected chi connectivity index (χ0v) is 13.4. The number of hydrogen-bond acceptors (Lipinski definition) is 2. The first-order chi connectivity index (χ1) is 12.0. The first-order valence-corrected chi connectivity index (χ1v) is 7.65. The van der Waals surface area contributed by atoms with Gasteiger partial charge < -0.3 is 4.98 Å². The van der Waals surface area contributed by atoms with Crippen molar-refractivity contribution in [3.05, 3.63) is 70.9 Å². The van der Waals surface area contributed by atoms with Crippen LogP contribution < -0.4 is 5.69 Å². The largest absolute Gasteiger partial charge is 0.340 e. The van der Waals surface area contributed by atoms with E-state index < -0.39 is 11.6 Å². The summed E-state index contributed by atoms with van der Waals surface area (Å²) in [6.45, 7) is 5.76. The lowest BCUT2D eigenvalue weighted by atomic mass is 10.3. The average molecular weight is 340 g/mol. The number of nitrogens with zero attached hydrogens (tertiary/aromatic N) is 3. The number of nitrogens with one attached hydrogen (secondary N) is 1. The second kappa shape index (κ2) is 5.41. The fraction of sp³-hybridized carbons (Fsp3) is 0.111. The number of imidazole rings is 2. The highest BCUT2D eigenvalue weighted by Gasteiger charge is 2.15. The van der Waals surface area contributed by atoms with Gasteiger partial charge in [-0.2, -0.15) is 0 Å². The molecule has 0 bridgehead atoms. The van der Waals surface area contributed by atoms with Gasteiger partial charge >= 0.3 is 5.69 Å². The Bertz CT molecular complexity index is 1160. The molecule has 0 aliphatic heterocycles. The number of allylic oxidation sites excluding steroid dienone is 1. The van der Waals surface area contributed by atoms with E-state index in [1.807, 2.05) is 24.3 Å². The molecule has 2 heterocycles. The Morgan fingerprint density at radius 1 is 1.20 bits per heavy atom. The lowest BCUT2D eigenvalue weighted by molar-refractivity contribution is 0.510. The molecule has 0 amide bonds. The fourth-order valence-electron chi connectivity index (χ4n) is 3.01. The van der Waals surface area contributed by atoms with Gasteiger partial charge in [-0.3, -0.25) is 9.13 Å². The molecule has 25 heavy (non-hydrogen) atoms. The summed E-state index contributed by atoms with van der Waals surface area (Å²) in [5.74, 6) is -1.47. The van der Waals surface area contributed by atoms with Crippen molar-refractivity contribution in [2.45, 2.75) is 13.5 Å². The molecule has 0 saturated heterocycles. The molecule has 0 aliphatic carbocycles. The Morgan fingerprint density at radius 2 is 1.88 bits per heavy atom. The summed E-state index contributed by atoms with van der Waals surface area (Å²) in [6.07, 6.45) is 0. The molecular formula is C18H14F2N4O. The van der Waals surface area contributed by atoms with Crippen LogP contribution in [0.15, 0.2) is 47.8 Å². The zero-order valence-electron chi connectivity index (χ0n) is 13.4. The molecule has 0 saturated carbocycles. The number of hydrogen-bond donors (Lipinski definition) is 1. The van der Waals surface area contributed by atoms with Crippen LogP contribution in [0.3, 0.4) is 0 Å². The fourth-order valence-corrected chi connectivity index (χ4v) is 3.01. The molecule has 2 aromatic carbocycles. The molecule has 0 fully saturated rings. The number of aromatic nitrogens is 4. The van der Waals surface area contributed by atoms with Gasteiger partial charge in [0.05, 0.1) is 28.6 Å². The highest BCUT2D eigenvalue weighted by molar-refractivity contribution is 5.79. The Labute approximate surface area is 140 Å². The van der Waals surface area contributed by atoms with Crippen LogP contribution in [0.1, 0.15) is 12.7 Å². The molecule has 7 heteroatoms. The first-order valence-electron chi connectivity index (χ1n) is 7.65. The number of halogens is 2. The summed E-state index contributed by atoms with van der Waals surface area (Å²) in [5.41, 5.74) is 2.53. The molecule has 0 unspecified atom stereocenters. The maximum atomic E-state index is 13.4. The van der Waals surface area contributed by atoms with Crippen LogP contribution in [0.25, 0.3) is 27.8 Å². The van der Waals surface area contributed by atoms with E-state index in [-0.39, 0.29) is 12.2 Å². The maximum absolute atomic E-state index is 13.4. The smallest absolute Gasteiger partial charge is 0.333 e. The van der Waals surface area contributed by atoms with Gasteiger partial charge in [-0.15, -0.1) is 0 Å². The van der Waals surface area contributed by atoms with Crippen molar-refractivity contribution in [3.8, 4) is 0 Å². The van der Waals surface area contributed by atoms with Crippen molar-refractivity contribution in [2.75, 3.05) is 0 Å². The van der Waals surface area contributed by atoms with E-state index in [9.17, 15) is 13.6 Å². The molecule has 0 spiro atoms. The molecule has 5 nitrogen and oxygen atoms in total. The van der Waals surface area contributed by atoms with E-state index in [4.69, 9.17) is 0 Å². The van der Waals surface area contributed by atoms with Gasteiger partial charge in [-0.1, -0.05) is 18.7 Å². The van der Waals surface area contributed by atoms with Gasteiger partial charge in [0.2, 0.25) is 0 Å². The van der Waals surface area contributed by atoms with E-state index in [1.54, 1.807) is 11.5 Å². The molecule has 4 aromatic rings. The van der Waals surface area contributed by atoms with Crippen LogP contribution in [0.2, 0.25) is 0 Å². The SMILES string of the molecule is C=C(C)n1c(=O)n(Cc2nc3cc(F)c(F)cc3[nH]2)c2ccccc21. The van der Waals surface area contributed by atoms with Crippen molar-refractivity contribution in [1.82, 2.24) is 19.1 Å². The summed E-state index contributed by atoms with van der Waals surface area (Å²) in [5, 5.41) is 0.